The van der Waals surface area contributed by atoms with Crippen LogP contribution in [-0.2, 0) is 6.42 Å². The second-order valence-corrected chi connectivity index (χ2v) is 6.14. The zero-order valence-corrected chi connectivity index (χ0v) is 13.2. The molecule has 0 radical (unpaired) electrons. The number of para-hydroxylation sites is 1. The summed E-state index contributed by atoms with van der Waals surface area (Å²) in [4.78, 5) is 16.1. The Morgan fingerprint density at radius 2 is 2.04 bits per heavy atom. The summed E-state index contributed by atoms with van der Waals surface area (Å²) >= 11 is 1.48. The van der Waals surface area contributed by atoms with Crippen LogP contribution >= 0.6 is 11.3 Å². The number of rotatable bonds is 3. The molecule has 0 unspecified atom stereocenters. The van der Waals surface area contributed by atoms with Gasteiger partial charge in [-0.1, -0.05) is 30.4 Å². The molecule has 0 N–H and O–H groups in total. The number of benzene rings is 2. The van der Waals surface area contributed by atoms with Gasteiger partial charge in [-0.3, -0.25) is 0 Å². The molecular weight excluding hydrogens is 310 g/mol. The first-order valence-corrected chi connectivity index (χ1v) is 8.15. The highest BCUT2D eigenvalue weighted by atomic mass is 32.1. The van der Waals surface area contributed by atoms with Crippen molar-refractivity contribution in [3.05, 3.63) is 64.5 Å². The topological polar surface area (TPSA) is 52.3 Å². The predicted molar refractivity (Wildman–Crippen MR) is 91.6 cm³/mol. The second kappa shape index (κ2) is 5.52. The molecule has 0 aliphatic carbocycles. The van der Waals surface area contributed by atoms with Gasteiger partial charge in [-0.2, -0.15) is 0 Å². The van der Waals surface area contributed by atoms with Gasteiger partial charge in [-0.05, 0) is 36.2 Å². The van der Waals surface area contributed by atoms with E-state index in [0.29, 0.717) is 16.5 Å². The third kappa shape index (κ3) is 2.59. The van der Waals surface area contributed by atoms with E-state index in [4.69, 9.17) is 9.15 Å². The Bertz CT molecular complexity index is 1030. The number of hydrogen-bond acceptors (Lipinski definition) is 5. The molecule has 0 atom stereocenters. The van der Waals surface area contributed by atoms with Crippen LogP contribution in [-0.4, -0.2) is 4.98 Å². The van der Waals surface area contributed by atoms with Crippen molar-refractivity contribution >= 4 is 32.5 Å². The van der Waals surface area contributed by atoms with Crippen LogP contribution in [0.5, 0.6) is 10.9 Å². The number of aryl methyl sites for hydroxylation is 1. The molecule has 2 heterocycles. The predicted octanol–water partition coefficient (Wildman–Crippen LogP) is 4.76. The van der Waals surface area contributed by atoms with E-state index in [2.05, 4.69) is 4.98 Å². The molecule has 0 spiro atoms. The van der Waals surface area contributed by atoms with Crippen LogP contribution in [0.4, 0.5) is 0 Å². The van der Waals surface area contributed by atoms with Gasteiger partial charge in [0.25, 0.3) is 5.19 Å². The van der Waals surface area contributed by atoms with E-state index in [1.165, 1.54) is 17.4 Å². The van der Waals surface area contributed by atoms with Crippen LogP contribution in [0.1, 0.15) is 12.5 Å². The first-order valence-electron chi connectivity index (χ1n) is 7.33. The summed E-state index contributed by atoms with van der Waals surface area (Å²) in [5.74, 6) is 0.605. The quantitative estimate of drug-likeness (QED) is 0.510. The highest BCUT2D eigenvalue weighted by Gasteiger charge is 2.09. The molecule has 0 saturated carbocycles. The maximum Gasteiger partial charge on any atom is 0.336 e. The Balaban J connectivity index is 1.75. The standard InChI is InChI=1S/C18H13NO3S/c1-2-11-9-17(20)22-15-10-12(7-8-13(11)15)21-18-19-14-5-3-4-6-16(14)23-18/h3-10H,2H2,1H3. The van der Waals surface area contributed by atoms with Crippen LogP contribution in [0.2, 0.25) is 0 Å². The van der Waals surface area contributed by atoms with Crippen molar-refractivity contribution in [2.45, 2.75) is 13.3 Å². The number of fused-ring (bicyclic) bond motifs is 2. The zero-order chi connectivity index (χ0) is 15.8. The first-order chi connectivity index (χ1) is 11.2. The number of nitrogens with zero attached hydrogens (tertiary/aromatic N) is 1. The van der Waals surface area contributed by atoms with Crippen LogP contribution < -0.4 is 10.4 Å². The number of thiazole rings is 1. The molecule has 0 fully saturated rings. The van der Waals surface area contributed by atoms with Crippen LogP contribution in [0.25, 0.3) is 21.2 Å². The van der Waals surface area contributed by atoms with Crippen molar-refractivity contribution < 1.29 is 9.15 Å². The van der Waals surface area contributed by atoms with E-state index in [1.54, 1.807) is 6.07 Å². The summed E-state index contributed by atoms with van der Waals surface area (Å²) in [6.45, 7) is 2.01. The number of ether oxygens (including phenoxy) is 1. The normalized spacial score (nSPS) is 11.2. The molecule has 2 aromatic carbocycles. The smallest absolute Gasteiger partial charge is 0.336 e. The van der Waals surface area contributed by atoms with Crippen LogP contribution in [0, 0.1) is 0 Å². The fourth-order valence-corrected chi connectivity index (χ4v) is 3.40. The Hall–Kier alpha value is -2.66. The largest absolute Gasteiger partial charge is 0.431 e. The average Bonchev–Trinajstić information content (AvgIpc) is 2.95. The summed E-state index contributed by atoms with van der Waals surface area (Å²) in [6, 6.07) is 14.9. The molecule has 4 aromatic rings. The van der Waals surface area contributed by atoms with Crippen molar-refractivity contribution in [1.82, 2.24) is 4.98 Å². The van der Waals surface area contributed by atoms with Gasteiger partial charge in [0.1, 0.15) is 11.3 Å². The molecule has 4 nitrogen and oxygen atoms in total. The van der Waals surface area contributed by atoms with Gasteiger partial charge in [0.2, 0.25) is 0 Å². The molecule has 0 amide bonds. The van der Waals surface area contributed by atoms with Gasteiger partial charge in [-0.15, -0.1) is 0 Å². The summed E-state index contributed by atoms with van der Waals surface area (Å²) in [5, 5.41) is 1.50. The minimum Gasteiger partial charge on any atom is -0.431 e. The molecule has 0 bridgehead atoms. The van der Waals surface area contributed by atoms with E-state index in [9.17, 15) is 4.79 Å². The maximum atomic E-state index is 11.6. The van der Waals surface area contributed by atoms with Gasteiger partial charge < -0.3 is 9.15 Å². The molecule has 0 aliphatic rings. The lowest BCUT2D eigenvalue weighted by Crippen LogP contribution is -1.99. The Kier molecular flexibility index (Phi) is 3.35. The SMILES string of the molecule is CCc1cc(=O)oc2cc(Oc3nc4ccccc4s3)ccc12. The van der Waals surface area contributed by atoms with Crippen molar-refractivity contribution in [2.75, 3.05) is 0 Å². The first kappa shape index (κ1) is 14.0. The fraction of sp³-hybridized carbons (Fsp3) is 0.111. The van der Waals surface area contributed by atoms with E-state index in [1.807, 2.05) is 43.3 Å². The third-order valence-corrected chi connectivity index (χ3v) is 4.58. The fourth-order valence-electron chi connectivity index (χ4n) is 2.56. The van der Waals surface area contributed by atoms with Crippen molar-refractivity contribution in [2.24, 2.45) is 0 Å². The lowest BCUT2D eigenvalue weighted by molar-refractivity contribution is 0.478. The van der Waals surface area contributed by atoms with Gasteiger partial charge >= 0.3 is 5.63 Å². The molecule has 0 saturated heterocycles. The van der Waals surface area contributed by atoms with E-state index in [0.717, 1.165) is 27.6 Å². The molecule has 2 aromatic heterocycles. The Labute approximate surface area is 136 Å². The maximum absolute atomic E-state index is 11.6. The van der Waals surface area contributed by atoms with Crippen molar-refractivity contribution in [3.8, 4) is 10.9 Å². The van der Waals surface area contributed by atoms with E-state index < -0.39 is 0 Å². The summed E-state index contributed by atoms with van der Waals surface area (Å²) in [7, 11) is 0. The monoisotopic (exact) mass is 323 g/mol. The molecule has 4 rings (SSSR count). The lowest BCUT2D eigenvalue weighted by Gasteiger charge is -2.05. The van der Waals surface area contributed by atoms with Gasteiger partial charge in [0, 0.05) is 17.5 Å². The second-order valence-electron chi connectivity index (χ2n) is 5.15. The lowest BCUT2D eigenvalue weighted by atomic mass is 10.1. The average molecular weight is 323 g/mol. The van der Waals surface area contributed by atoms with Crippen LogP contribution in [0.15, 0.2) is 57.7 Å². The van der Waals surface area contributed by atoms with Gasteiger partial charge in [0.05, 0.1) is 10.2 Å². The number of hydrogen-bond donors (Lipinski definition) is 0. The Morgan fingerprint density at radius 3 is 2.87 bits per heavy atom. The Morgan fingerprint density at radius 1 is 1.17 bits per heavy atom. The molecule has 0 aliphatic heterocycles. The van der Waals surface area contributed by atoms with Crippen molar-refractivity contribution in [1.29, 1.82) is 0 Å². The summed E-state index contributed by atoms with van der Waals surface area (Å²) in [6.07, 6.45) is 0.778. The minimum atomic E-state index is -0.341. The highest BCUT2D eigenvalue weighted by molar-refractivity contribution is 7.20. The summed E-state index contributed by atoms with van der Waals surface area (Å²) in [5.41, 5.74) is 2.08. The minimum absolute atomic E-state index is 0.341. The molecular formula is C18H13NO3S. The third-order valence-electron chi connectivity index (χ3n) is 3.66. The molecule has 114 valence electrons. The van der Waals surface area contributed by atoms with E-state index >= 15 is 0 Å². The van der Waals surface area contributed by atoms with Crippen molar-refractivity contribution in [3.63, 3.8) is 0 Å². The van der Waals surface area contributed by atoms with Crippen LogP contribution in [0.3, 0.4) is 0 Å². The molecule has 5 heteroatoms. The van der Waals surface area contributed by atoms with Gasteiger partial charge in [-0.25, -0.2) is 9.78 Å². The van der Waals surface area contributed by atoms with E-state index in [-0.39, 0.29) is 5.63 Å². The zero-order valence-electron chi connectivity index (χ0n) is 12.4. The van der Waals surface area contributed by atoms with Gasteiger partial charge in [0.15, 0.2) is 0 Å². The molecule has 23 heavy (non-hydrogen) atoms. The number of aromatic nitrogens is 1. The summed E-state index contributed by atoms with van der Waals surface area (Å²) < 4.78 is 12.2. The highest BCUT2D eigenvalue weighted by Crippen LogP contribution is 2.32.